The van der Waals surface area contributed by atoms with E-state index in [1.54, 1.807) is 33.1 Å². The third-order valence-corrected chi connectivity index (χ3v) is 4.01. The number of carbonyl (C=O) groups is 2. The highest BCUT2D eigenvalue weighted by Gasteiger charge is 2.37. The fourth-order valence-electron chi connectivity index (χ4n) is 2.28. The fraction of sp³-hybridized carbons (Fsp3) is 0.500. The van der Waals surface area contributed by atoms with Crippen LogP contribution in [0.4, 0.5) is 5.69 Å². The van der Waals surface area contributed by atoms with E-state index in [2.05, 4.69) is 5.32 Å². The molecule has 5 heteroatoms. The lowest BCUT2D eigenvalue weighted by Crippen LogP contribution is -2.34. The minimum absolute atomic E-state index is 0.0270. The average Bonchev–Trinajstić information content (AvgIpc) is 2.46. The number of methoxy groups -OCH3 is 1. The Balaban J connectivity index is 2.84. The monoisotopic (exact) mass is 293 g/mol. The maximum atomic E-state index is 12.2. The van der Waals surface area contributed by atoms with E-state index in [9.17, 15) is 14.7 Å². The Labute approximate surface area is 125 Å². The summed E-state index contributed by atoms with van der Waals surface area (Å²) in [5, 5.41) is 12.1. The summed E-state index contributed by atoms with van der Waals surface area (Å²) in [7, 11) is 1.58. The number of carboxylic acids is 1. The van der Waals surface area contributed by atoms with Gasteiger partial charge in [-0.05, 0) is 43.5 Å². The number of hydrogen-bond donors (Lipinski definition) is 2. The van der Waals surface area contributed by atoms with Gasteiger partial charge in [0.05, 0.1) is 12.5 Å². The van der Waals surface area contributed by atoms with E-state index >= 15 is 0 Å². The molecule has 0 spiro atoms. The largest absolute Gasteiger partial charge is 0.497 e. The topological polar surface area (TPSA) is 75.6 Å². The summed E-state index contributed by atoms with van der Waals surface area (Å²) in [6.45, 7) is 5.45. The molecule has 0 fully saturated rings. The second-order valence-electron chi connectivity index (χ2n) is 5.20. The Hall–Kier alpha value is -2.04. The molecule has 1 aromatic rings. The minimum Gasteiger partial charge on any atom is -0.497 e. The van der Waals surface area contributed by atoms with Gasteiger partial charge in [-0.3, -0.25) is 9.59 Å². The highest BCUT2D eigenvalue weighted by atomic mass is 16.5. The van der Waals surface area contributed by atoms with Crippen molar-refractivity contribution < 1.29 is 19.4 Å². The molecule has 0 aliphatic carbocycles. The van der Waals surface area contributed by atoms with Crippen molar-refractivity contribution in [2.75, 3.05) is 12.4 Å². The number of carbonyl (C=O) groups excluding carboxylic acids is 1. The fourth-order valence-corrected chi connectivity index (χ4v) is 2.28. The molecule has 116 valence electrons. The molecule has 0 saturated carbocycles. The maximum Gasteiger partial charge on any atom is 0.310 e. The summed E-state index contributed by atoms with van der Waals surface area (Å²) < 4.78 is 5.11. The molecule has 0 bridgehead atoms. The Kier molecular flexibility index (Phi) is 5.76. The van der Waals surface area contributed by atoms with Gasteiger partial charge >= 0.3 is 5.97 Å². The number of aliphatic carboxylic acids is 1. The molecular formula is C16H23NO4. The van der Waals surface area contributed by atoms with Crippen LogP contribution in [0.15, 0.2) is 18.2 Å². The molecule has 0 aromatic heterocycles. The zero-order valence-electron chi connectivity index (χ0n) is 13.0. The van der Waals surface area contributed by atoms with Crippen LogP contribution in [0.1, 0.15) is 38.7 Å². The van der Waals surface area contributed by atoms with E-state index in [4.69, 9.17) is 4.74 Å². The van der Waals surface area contributed by atoms with Crippen LogP contribution < -0.4 is 10.1 Å². The van der Waals surface area contributed by atoms with Crippen LogP contribution in [0.3, 0.4) is 0 Å². The van der Waals surface area contributed by atoms with Crippen molar-refractivity contribution in [1.29, 1.82) is 0 Å². The number of amides is 1. The van der Waals surface area contributed by atoms with Crippen molar-refractivity contribution in [2.24, 2.45) is 5.41 Å². The number of hydrogen-bond acceptors (Lipinski definition) is 3. The first-order valence-electron chi connectivity index (χ1n) is 7.06. The molecule has 2 N–H and O–H groups in total. The average molecular weight is 293 g/mol. The van der Waals surface area contributed by atoms with Crippen molar-refractivity contribution in [3.8, 4) is 5.75 Å². The molecule has 1 amide bonds. The number of carboxylic acid groups (broad SMARTS) is 1. The molecule has 0 aliphatic heterocycles. The highest BCUT2D eigenvalue weighted by molar-refractivity contribution is 5.94. The first-order chi connectivity index (χ1) is 9.88. The molecule has 0 unspecified atom stereocenters. The maximum absolute atomic E-state index is 12.2. The highest BCUT2D eigenvalue weighted by Crippen LogP contribution is 2.31. The van der Waals surface area contributed by atoms with Gasteiger partial charge in [-0.2, -0.15) is 0 Å². The molecule has 5 nitrogen and oxygen atoms in total. The van der Waals surface area contributed by atoms with Crippen molar-refractivity contribution in [3.05, 3.63) is 23.8 Å². The zero-order valence-corrected chi connectivity index (χ0v) is 13.0. The molecule has 0 aliphatic rings. The van der Waals surface area contributed by atoms with Crippen LogP contribution >= 0.6 is 0 Å². The summed E-state index contributed by atoms with van der Waals surface area (Å²) in [4.78, 5) is 23.6. The van der Waals surface area contributed by atoms with Gasteiger partial charge in [0.15, 0.2) is 0 Å². The molecule has 21 heavy (non-hydrogen) atoms. The lowest BCUT2D eigenvalue weighted by Gasteiger charge is -2.26. The zero-order chi connectivity index (χ0) is 16.0. The van der Waals surface area contributed by atoms with E-state index in [1.807, 2.05) is 13.0 Å². The summed E-state index contributed by atoms with van der Waals surface area (Å²) in [5.74, 6) is -0.490. The smallest absolute Gasteiger partial charge is 0.310 e. The van der Waals surface area contributed by atoms with Gasteiger partial charge in [0.25, 0.3) is 0 Å². The van der Waals surface area contributed by atoms with Gasteiger partial charge in [0, 0.05) is 12.1 Å². The first kappa shape index (κ1) is 17.0. The van der Waals surface area contributed by atoms with Crippen LogP contribution in [0.5, 0.6) is 5.75 Å². The number of anilines is 1. The predicted molar refractivity (Wildman–Crippen MR) is 81.6 cm³/mol. The van der Waals surface area contributed by atoms with Crippen molar-refractivity contribution in [2.45, 2.75) is 40.0 Å². The van der Waals surface area contributed by atoms with Crippen LogP contribution in [0.2, 0.25) is 0 Å². The predicted octanol–water partition coefficient (Wildman–Crippen LogP) is 3.22. The van der Waals surface area contributed by atoms with Gasteiger partial charge < -0.3 is 15.2 Å². The van der Waals surface area contributed by atoms with Crippen molar-refractivity contribution in [3.63, 3.8) is 0 Å². The Morgan fingerprint density at radius 1 is 1.29 bits per heavy atom. The van der Waals surface area contributed by atoms with Crippen LogP contribution in [-0.2, 0) is 9.59 Å². The standard InChI is InChI=1S/C16H23NO4/c1-5-16(6-2,15(19)20)10-14(18)17-13-8-7-12(21-4)9-11(13)3/h7-9H,5-6,10H2,1-4H3,(H,17,18)(H,19,20). The molecule has 0 heterocycles. The molecule has 1 aromatic carbocycles. The Morgan fingerprint density at radius 3 is 2.33 bits per heavy atom. The summed E-state index contributed by atoms with van der Waals surface area (Å²) in [6, 6.07) is 5.33. The summed E-state index contributed by atoms with van der Waals surface area (Å²) in [6.07, 6.45) is 0.822. The van der Waals surface area contributed by atoms with E-state index in [-0.39, 0.29) is 12.3 Å². The minimum atomic E-state index is -0.996. The van der Waals surface area contributed by atoms with E-state index in [0.717, 1.165) is 5.56 Å². The number of benzene rings is 1. The third-order valence-electron chi connectivity index (χ3n) is 4.01. The molecule has 0 radical (unpaired) electrons. The third kappa shape index (κ3) is 3.97. The van der Waals surface area contributed by atoms with Crippen LogP contribution in [-0.4, -0.2) is 24.1 Å². The van der Waals surface area contributed by atoms with Gasteiger partial charge in [0.1, 0.15) is 5.75 Å². The Bertz CT molecular complexity index is 521. The van der Waals surface area contributed by atoms with Crippen LogP contribution in [0, 0.1) is 12.3 Å². The van der Waals surface area contributed by atoms with Gasteiger partial charge in [-0.1, -0.05) is 13.8 Å². The second kappa shape index (κ2) is 7.11. The SMILES string of the molecule is CCC(CC)(CC(=O)Nc1ccc(OC)cc1C)C(=O)O. The molecule has 0 saturated heterocycles. The lowest BCUT2D eigenvalue weighted by molar-refractivity contribution is -0.151. The van der Waals surface area contributed by atoms with Gasteiger partial charge in [-0.25, -0.2) is 0 Å². The number of nitrogens with one attached hydrogen (secondary N) is 1. The van der Waals surface area contributed by atoms with Crippen molar-refractivity contribution >= 4 is 17.6 Å². The van der Waals surface area contributed by atoms with Crippen molar-refractivity contribution in [1.82, 2.24) is 0 Å². The number of ether oxygens (including phenoxy) is 1. The normalized spacial score (nSPS) is 11.0. The lowest BCUT2D eigenvalue weighted by atomic mass is 9.79. The second-order valence-corrected chi connectivity index (χ2v) is 5.20. The molecule has 0 atom stereocenters. The molecular weight excluding hydrogens is 270 g/mol. The Morgan fingerprint density at radius 2 is 1.90 bits per heavy atom. The summed E-state index contributed by atoms with van der Waals surface area (Å²) >= 11 is 0. The summed E-state index contributed by atoms with van der Waals surface area (Å²) in [5.41, 5.74) is 0.550. The number of aryl methyl sites for hydroxylation is 1. The molecule has 1 rings (SSSR count). The van der Waals surface area contributed by atoms with Gasteiger partial charge in [-0.15, -0.1) is 0 Å². The first-order valence-corrected chi connectivity index (χ1v) is 7.06. The van der Waals surface area contributed by atoms with E-state index in [1.165, 1.54) is 0 Å². The van der Waals surface area contributed by atoms with Gasteiger partial charge in [0.2, 0.25) is 5.91 Å². The van der Waals surface area contributed by atoms with E-state index < -0.39 is 11.4 Å². The number of rotatable bonds is 7. The van der Waals surface area contributed by atoms with E-state index in [0.29, 0.717) is 24.3 Å². The van der Waals surface area contributed by atoms with Crippen LogP contribution in [0.25, 0.3) is 0 Å². The quantitative estimate of drug-likeness (QED) is 0.809.